The van der Waals surface area contributed by atoms with Gasteiger partial charge in [0.2, 0.25) is 5.85 Å². The zero-order chi connectivity index (χ0) is 38.6. The SMILES string of the molecule is COC(=O)C1CC2(CC(=C3OC(=O)c4ccccc43)C2)C1.COC(=O)C1CC2(CC(=O)C2)C1.COP(=O)(OC)C1OC(=O)c2ccccc21.O=CO[O-].[Cs+].[Cs+].[H-]. The van der Waals surface area contributed by atoms with Crippen LogP contribution in [0.3, 0.4) is 0 Å². The average Bonchev–Trinajstić information content (AvgIpc) is 3.64. The summed E-state index contributed by atoms with van der Waals surface area (Å²) in [6.45, 7) is -0.181. The van der Waals surface area contributed by atoms with E-state index in [4.69, 9.17) is 33.3 Å². The van der Waals surface area contributed by atoms with Gasteiger partial charge in [0.25, 0.3) is 6.47 Å². The van der Waals surface area contributed by atoms with E-state index in [-0.39, 0.29) is 186 Å². The normalized spacial score (nSPS) is 23.0. The molecule has 2 aromatic carbocycles. The zero-order valence-corrected chi connectivity index (χ0v) is 45.1. The molecule has 286 valence electrons. The molecule has 8 rings (SSSR count). The molecule has 55 heavy (non-hydrogen) atoms. The molecule has 2 spiro atoms. The van der Waals surface area contributed by atoms with E-state index in [2.05, 4.69) is 9.62 Å². The minimum Gasteiger partial charge on any atom is -1.00 e. The molecule has 2 aliphatic heterocycles. The van der Waals surface area contributed by atoms with E-state index in [0.29, 0.717) is 35.3 Å². The Morgan fingerprint density at radius 2 is 1.22 bits per heavy atom. The van der Waals surface area contributed by atoms with Gasteiger partial charge in [-0.15, -0.1) is 0 Å². The number of carbonyl (C=O) groups is 6. The van der Waals surface area contributed by atoms with Gasteiger partial charge < -0.3 is 39.6 Å². The first kappa shape index (κ1) is 48.8. The first-order chi connectivity index (χ1) is 25.3. The summed E-state index contributed by atoms with van der Waals surface area (Å²) in [7, 11) is 1.94. The predicted octanol–water partition coefficient (Wildman–Crippen LogP) is -1.25. The molecule has 2 aromatic rings. The Labute approximate surface area is 437 Å². The molecule has 0 radical (unpaired) electrons. The number of hydrogen-bond donors (Lipinski definition) is 0. The van der Waals surface area contributed by atoms with E-state index in [0.717, 1.165) is 49.8 Å². The van der Waals surface area contributed by atoms with E-state index in [1.807, 2.05) is 18.2 Å². The summed E-state index contributed by atoms with van der Waals surface area (Å²) in [6, 6.07) is 14.3. The molecule has 0 saturated heterocycles. The van der Waals surface area contributed by atoms with Gasteiger partial charge in [0.15, 0.2) is 0 Å². The summed E-state index contributed by atoms with van der Waals surface area (Å²) in [6.07, 6.45) is 6.77. The van der Waals surface area contributed by atoms with Crippen LogP contribution in [0.5, 0.6) is 0 Å². The number of fused-ring (bicyclic) bond motifs is 2. The largest absolute Gasteiger partial charge is 1.00 e. The fraction of sp³-hybridized carbons (Fsp3) is 0.459. The van der Waals surface area contributed by atoms with Gasteiger partial charge in [0.05, 0.1) is 37.2 Å². The van der Waals surface area contributed by atoms with Crippen LogP contribution in [0.15, 0.2) is 54.1 Å². The Hall–Kier alpha value is -0.586. The third-order valence-electron chi connectivity index (χ3n) is 10.5. The number of hydrogen-bond acceptors (Lipinski definition) is 15. The van der Waals surface area contributed by atoms with Crippen molar-refractivity contribution in [2.75, 3.05) is 28.4 Å². The van der Waals surface area contributed by atoms with Gasteiger partial charge in [0, 0.05) is 38.2 Å². The number of methoxy groups -OCH3 is 2. The van der Waals surface area contributed by atoms with Crippen LogP contribution in [-0.4, -0.2) is 64.6 Å². The van der Waals surface area contributed by atoms with Crippen molar-refractivity contribution in [3.8, 4) is 0 Å². The van der Waals surface area contributed by atoms with Crippen LogP contribution in [0.4, 0.5) is 0 Å². The van der Waals surface area contributed by atoms with Crippen molar-refractivity contribution >= 4 is 49.5 Å². The molecule has 6 aliphatic rings. The van der Waals surface area contributed by atoms with Gasteiger partial charge in [-0.3, -0.25) is 23.7 Å². The monoisotopic (exact) mass is 1020 g/mol. The minimum atomic E-state index is -3.44. The molecule has 0 amide bonds. The summed E-state index contributed by atoms with van der Waals surface area (Å²) in [4.78, 5) is 67.8. The van der Waals surface area contributed by atoms with Crippen molar-refractivity contribution in [3.05, 3.63) is 76.4 Å². The summed E-state index contributed by atoms with van der Waals surface area (Å²) >= 11 is 0. The van der Waals surface area contributed by atoms with Crippen LogP contribution in [0, 0.1) is 22.7 Å². The third kappa shape index (κ3) is 10.8. The second-order valence-electron chi connectivity index (χ2n) is 13.8. The number of ketones is 1. The van der Waals surface area contributed by atoms with Crippen molar-refractivity contribution in [3.63, 3.8) is 0 Å². The smallest absolute Gasteiger partial charge is 1.00 e. The number of Topliss-reactive ketones (excluding diaryl/α,β-unsaturated/α-hetero) is 1. The Bertz CT molecular complexity index is 1840. The fourth-order valence-corrected chi connectivity index (χ4v) is 9.29. The summed E-state index contributed by atoms with van der Waals surface area (Å²) in [5.41, 5.74) is 4.18. The topological polar surface area (TPSA) is 207 Å². The van der Waals surface area contributed by atoms with E-state index in [1.165, 1.54) is 34.0 Å². The Morgan fingerprint density at radius 3 is 1.67 bits per heavy atom. The van der Waals surface area contributed by atoms with Gasteiger partial charge in [-0.2, -0.15) is 0 Å². The molecule has 18 heteroatoms. The van der Waals surface area contributed by atoms with Gasteiger partial charge in [-0.05, 0) is 67.1 Å². The van der Waals surface area contributed by atoms with Crippen LogP contribution in [-0.2, 0) is 56.6 Å². The summed E-state index contributed by atoms with van der Waals surface area (Å²) < 4.78 is 41.7. The second kappa shape index (κ2) is 21.1. The van der Waals surface area contributed by atoms with Gasteiger partial charge >= 0.3 is 169 Å². The molecule has 1 unspecified atom stereocenters. The number of allylic oxidation sites excluding steroid dienone is 1. The number of benzene rings is 2. The molecule has 4 aliphatic carbocycles. The number of carbonyl (C=O) groups excluding carboxylic acids is 6. The van der Waals surface area contributed by atoms with Gasteiger partial charge in [-0.25, -0.2) is 9.59 Å². The maximum absolute atomic E-state index is 12.1. The van der Waals surface area contributed by atoms with Crippen LogP contribution in [0.2, 0.25) is 0 Å². The average molecular weight is 1020 g/mol. The molecular weight excluding hydrogens is 981 g/mol. The van der Waals surface area contributed by atoms with Crippen LogP contribution in [0.1, 0.15) is 90.5 Å². The Kier molecular flexibility index (Phi) is 18.7. The molecule has 4 saturated carbocycles. The quantitative estimate of drug-likeness (QED) is 0.0828. The van der Waals surface area contributed by atoms with E-state index in [1.54, 1.807) is 30.3 Å². The number of esters is 4. The van der Waals surface area contributed by atoms with Crippen LogP contribution < -0.4 is 143 Å². The molecule has 0 aromatic heterocycles. The molecule has 0 bridgehead atoms. The van der Waals surface area contributed by atoms with Gasteiger partial charge in [-0.1, -0.05) is 36.4 Å². The molecule has 0 N–H and O–H groups in total. The third-order valence-corrected chi connectivity index (χ3v) is 12.5. The van der Waals surface area contributed by atoms with E-state index < -0.39 is 19.4 Å². The minimum absolute atomic E-state index is 0. The molecule has 2 heterocycles. The molecule has 4 fully saturated rings. The zero-order valence-electron chi connectivity index (χ0n) is 32.7. The maximum atomic E-state index is 12.1. The number of rotatable bonds is 6. The molecule has 15 nitrogen and oxygen atoms in total. The van der Waals surface area contributed by atoms with Crippen LogP contribution >= 0.6 is 7.60 Å². The van der Waals surface area contributed by atoms with E-state index in [9.17, 15) is 28.5 Å². The van der Waals surface area contributed by atoms with Gasteiger partial charge in [0.1, 0.15) is 11.5 Å². The van der Waals surface area contributed by atoms with Crippen molar-refractivity contribution in [1.82, 2.24) is 0 Å². The Morgan fingerprint density at radius 1 is 0.764 bits per heavy atom. The first-order valence-electron chi connectivity index (χ1n) is 16.8. The molecular formula is C37H41Cs2O15P. The number of cyclic esters (lactones) is 2. The Balaban J connectivity index is 0.000000278. The van der Waals surface area contributed by atoms with Crippen molar-refractivity contribution in [1.29, 1.82) is 0 Å². The predicted molar refractivity (Wildman–Crippen MR) is 181 cm³/mol. The first-order valence-corrected chi connectivity index (χ1v) is 18.4. The second-order valence-corrected chi connectivity index (χ2v) is 16.1. The summed E-state index contributed by atoms with van der Waals surface area (Å²) in [5, 5.41) is 8.43. The van der Waals surface area contributed by atoms with Crippen LogP contribution in [0.25, 0.3) is 5.76 Å². The van der Waals surface area contributed by atoms with Crippen molar-refractivity contribution in [2.45, 2.75) is 57.2 Å². The standard InChI is InChI=1S/C17H16O4.C10H11O5P.C9H12O3.CH2O3.2Cs.H/c1-20-15(18)11-8-17(9-11)6-10(7-17)14-12-4-2-3-5-13(12)16(19)21-14;1-13-16(12,14-2)10-8-6-4-3-5-7(8)9(11)15-10;1-12-8(11)6-2-9(3-6)4-7(10)5-9;2-1-4-3;;;/h2-5,11H,6-9H2,1H3;3-6,10H,1-2H3;6H,2-5H2,1H3;1,3H;;;/q;;;;2*+1;-1/p-1. The number of ether oxygens (including phenoxy) is 4. The van der Waals surface area contributed by atoms with E-state index >= 15 is 0 Å². The maximum Gasteiger partial charge on any atom is 1.00 e. The fourth-order valence-electron chi connectivity index (χ4n) is 7.97. The molecule has 1 atom stereocenters. The summed E-state index contributed by atoms with van der Waals surface area (Å²) in [5.74, 6) is -0.709. The van der Waals surface area contributed by atoms with Crippen molar-refractivity contribution in [2.24, 2.45) is 22.7 Å². The van der Waals surface area contributed by atoms with Crippen molar-refractivity contribution < 1.29 is 211 Å².